The third kappa shape index (κ3) is 4.20. The Kier molecular flexibility index (Phi) is 5.67. The summed E-state index contributed by atoms with van der Waals surface area (Å²) < 4.78 is 0. The maximum absolute atomic E-state index is 13.2. The third-order valence-electron chi connectivity index (χ3n) is 5.79. The van der Waals surface area contributed by atoms with Gasteiger partial charge in [-0.1, -0.05) is 56.3 Å². The van der Waals surface area contributed by atoms with E-state index in [2.05, 4.69) is 51.6 Å². The molecule has 2 aromatic carbocycles. The van der Waals surface area contributed by atoms with E-state index in [4.69, 9.17) is 0 Å². The molecule has 150 valence electrons. The summed E-state index contributed by atoms with van der Waals surface area (Å²) in [5.74, 6) is -0.0822. The Balaban J connectivity index is 1.67. The summed E-state index contributed by atoms with van der Waals surface area (Å²) in [5.41, 5.74) is 2.91. The first-order valence-corrected chi connectivity index (χ1v) is 11.0. The Morgan fingerprint density at radius 2 is 1.69 bits per heavy atom. The average Bonchev–Trinajstić information content (AvgIpc) is 3.44. The van der Waals surface area contributed by atoms with Gasteiger partial charge in [0.25, 0.3) is 0 Å². The Morgan fingerprint density at radius 1 is 1.03 bits per heavy atom. The van der Waals surface area contributed by atoms with Crippen LogP contribution in [0.2, 0.25) is 0 Å². The van der Waals surface area contributed by atoms with Gasteiger partial charge in [0.2, 0.25) is 5.91 Å². The molecule has 0 bridgehead atoms. The number of thiazole rings is 1. The van der Waals surface area contributed by atoms with E-state index in [0.29, 0.717) is 5.13 Å². The maximum Gasteiger partial charge on any atom is 0.232 e. The van der Waals surface area contributed by atoms with Crippen LogP contribution in [-0.4, -0.2) is 24.0 Å². The molecule has 29 heavy (non-hydrogen) atoms. The van der Waals surface area contributed by atoms with Crippen molar-refractivity contribution in [2.24, 2.45) is 5.41 Å². The topological polar surface area (TPSA) is 45.2 Å². The lowest BCUT2D eigenvalue weighted by molar-refractivity contribution is -0.124. The van der Waals surface area contributed by atoms with Gasteiger partial charge in [-0.15, -0.1) is 11.3 Å². The number of benzene rings is 2. The van der Waals surface area contributed by atoms with Gasteiger partial charge < -0.3 is 10.2 Å². The number of amides is 1. The minimum atomic E-state index is -0.651. The van der Waals surface area contributed by atoms with Gasteiger partial charge in [0.05, 0.1) is 5.41 Å². The molecule has 1 fully saturated rings. The Morgan fingerprint density at radius 3 is 2.31 bits per heavy atom. The van der Waals surface area contributed by atoms with Gasteiger partial charge >= 0.3 is 0 Å². The van der Waals surface area contributed by atoms with Gasteiger partial charge in [0, 0.05) is 36.3 Å². The van der Waals surface area contributed by atoms with Crippen molar-refractivity contribution in [3.05, 3.63) is 77.3 Å². The maximum atomic E-state index is 13.2. The first-order valence-electron chi connectivity index (χ1n) is 10.2. The highest BCUT2D eigenvalue weighted by Gasteiger charge is 2.39. The van der Waals surface area contributed by atoms with Crippen LogP contribution in [0.5, 0.6) is 0 Å². The lowest BCUT2D eigenvalue weighted by Crippen LogP contribution is -2.37. The van der Waals surface area contributed by atoms with Gasteiger partial charge in [-0.3, -0.25) is 4.79 Å². The molecule has 1 aliphatic rings. The first-order chi connectivity index (χ1) is 14.1. The van der Waals surface area contributed by atoms with Crippen LogP contribution in [0.3, 0.4) is 0 Å². The van der Waals surface area contributed by atoms with E-state index >= 15 is 0 Å². The highest BCUT2D eigenvalue weighted by molar-refractivity contribution is 7.13. The summed E-state index contributed by atoms with van der Waals surface area (Å²) >= 11 is 1.44. The van der Waals surface area contributed by atoms with E-state index in [0.717, 1.165) is 24.2 Å². The Bertz CT molecular complexity index is 930. The minimum absolute atomic E-state index is 0.0232. The summed E-state index contributed by atoms with van der Waals surface area (Å²) in [6, 6.07) is 19.1. The van der Waals surface area contributed by atoms with Crippen molar-refractivity contribution in [1.82, 2.24) is 4.98 Å². The zero-order chi connectivity index (χ0) is 20.3. The molecule has 1 atom stereocenters. The van der Waals surface area contributed by atoms with E-state index in [1.807, 2.05) is 37.4 Å². The molecule has 1 unspecified atom stereocenters. The van der Waals surface area contributed by atoms with Crippen LogP contribution >= 0.6 is 11.3 Å². The minimum Gasteiger partial charge on any atom is -0.372 e. The van der Waals surface area contributed by atoms with Crippen molar-refractivity contribution >= 4 is 28.1 Å². The lowest BCUT2D eigenvalue weighted by atomic mass is 9.70. The summed E-state index contributed by atoms with van der Waals surface area (Å²) in [5, 5.41) is 5.51. The molecule has 0 aliphatic carbocycles. The number of rotatable bonds is 6. The average molecular weight is 406 g/mol. The van der Waals surface area contributed by atoms with E-state index in [1.165, 1.54) is 29.9 Å². The molecule has 1 aliphatic heterocycles. The molecule has 0 saturated carbocycles. The highest BCUT2D eigenvalue weighted by atomic mass is 32.1. The monoisotopic (exact) mass is 405 g/mol. The van der Waals surface area contributed by atoms with E-state index in [1.54, 1.807) is 6.20 Å². The number of nitrogens with one attached hydrogen (secondary N) is 1. The Labute approximate surface area is 176 Å². The second-order valence-electron chi connectivity index (χ2n) is 8.14. The molecule has 1 aromatic heterocycles. The summed E-state index contributed by atoms with van der Waals surface area (Å²) in [7, 11) is 0. The lowest BCUT2D eigenvalue weighted by Gasteiger charge is -2.34. The number of carbonyl (C=O) groups excluding carboxylic acids is 1. The predicted octanol–water partition coefficient (Wildman–Crippen LogP) is 5.54. The number of hydrogen-bond acceptors (Lipinski definition) is 4. The fourth-order valence-electron chi connectivity index (χ4n) is 4.20. The van der Waals surface area contributed by atoms with Crippen LogP contribution in [0.1, 0.15) is 43.7 Å². The van der Waals surface area contributed by atoms with Gasteiger partial charge in [0.1, 0.15) is 0 Å². The van der Waals surface area contributed by atoms with Crippen molar-refractivity contribution in [3.63, 3.8) is 0 Å². The SMILES string of the molecule is CC(C)(C(=O)Nc1nccs1)C(c1ccccc1)c1ccc(N2CCCC2)cc1. The quantitative estimate of drug-likeness (QED) is 0.586. The standard InChI is InChI=1S/C24H27N3OS/c1-24(2,22(28)26-23-25-14-17-29-23)21(18-8-4-3-5-9-18)19-10-12-20(13-11-19)27-15-6-7-16-27/h3-5,8-14,17,21H,6-7,15-16H2,1-2H3,(H,25,26,28). The molecule has 1 amide bonds. The summed E-state index contributed by atoms with van der Waals surface area (Å²) in [6.07, 6.45) is 4.23. The van der Waals surface area contributed by atoms with Crippen molar-refractivity contribution in [2.45, 2.75) is 32.6 Å². The van der Waals surface area contributed by atoms with Crippen LogP contribution in [0.25, 0.3) is 0 Å². The highest BCUT2D eigenvalue weighted by Crippen LogP contribution is 2.42. The smallest absolute Gasteiger partial charge is 0.232 e. The molecular weight excluding hydrogens is 378 g/mol. The van der Waals surface area contributed by atoms with Crippen LogP contribution in [0, 0.1) is 5.41 Å². The normalized spacial score (nSPS) is 15.3. The fourth-order valence-corrected chi connectivity index (χ4v) is 4.72. The van der Waals surface area contributed by atoms with Crippen LogP contribution in [0.4, 0.5) is 10.8 Å². The van der Waals surface area contributed by atoms with E-state index in [9.17, 15) is 4.79 Å². The van der Waals surface area contributed by atoms with Crippen LogP contribution in [0.15, 0.2) is 66.2 Å². The molecule has 4 nitrogen and oxygen atoms in total. The number of nitrogens with zero attached hydrogens (tertiary/aromatic N) is 2. The molecule has 1 N–H and O–H groups in total. The first kappa shape index (κ1) is 19.6. The van der Waals surface area contributed by atoms with Crippen molar-refractivity contribution in [3.8, 4) is 0 Å². The molecular formula is C24H27N3OS. The van der Waals surface area contributed by atoms with Gasteiger partial charge in [0.15, 0.2) is 5.13 Å². The number of anilines is 2. The molecule has 4 rings (SSSR count). The number of aromatic nitrogens is 1. The van der Waals surface area contributed by atoms with E-state index < -0.39 is 5.41 Å². The molecule has 1 saturated heterocycles. The fraction of sp³-hybridized carbons (Fsp3) is 0.333. The third-order valence-corrected chi connectivity index (χ3v) is 6.48. The number of hydrogen-bond donors (Lipinski definition) is 1. The number of carbonyl (C=O) groups is 1. The molecule has 5 heteroatoms. The van der Waals surface area contributed by atoms with Gasteiger partial charge in [-0.25, -0.2) is 4.98 Å². The van der Waals surface area contributed by atoms with Crippen LogP contribution < -0.4 is 10.2 Å². The second kappa shape index (κ2) is 8.37. The zero-order valence-electron chi connectivity index (χ0n) is 17.0. The second-order valence-corrected chi connectivity index (χ2v) is 9.04. The van der Waals surface area contributed by atoms with Crippen molar-refractivity contribution < 1.29 is 4.79 Å². The molecule has 0 radical (unpaired) electrons. The van der Waals surface area contributed by atoms with Crippen molar-refractivity contribution in [2.75, 3.05) is 23.3 Å². The summed E-state index contributed by atoms with van der Waals surface area (Å²) in [6.45, 7) is 6.29. The van der Waals surface area contributed by atoms with Gasteiger partial charge in [-0.05, 0) is 36.1 Å². The van der Waals surface area contributed by atoms with Crippen molar-refractivity contribution in [1.29, 1.82) is 0 Å². The molecule has 0 spiro atoms. The zero-order valence-corrected chi connectivity index (χ0v) is 17.8. The van der Waals surface area contributed by atoms with E-state index in [-0.39, 0.29) is 11.8 Å². The molecule has 3 aromatic rings. The largest absolute Gasteiger partial charge is 0.372 e. The van der Waals surface area contributed by atoms with Crippen LogP contribution in [-0.2, 0) is 4.79 Å². The summed E-state index contributed by atoms with van der Waals surface area (Å²) in [4.78, 5) is 19.9. The molecule has 2 heterocycles. The predicted molar refractivity (Wildman–Crippen MR) is 121 cm³/mol. The van der Waals surface area contributed by atoms with Gasteiger partial charge in [-0.2, -0.15) is 0 Å². The Hall–Kier alpha value is -2.66.